The molecule has 1 aromatic rings. The van der Waals surface area contributed by atoms with Crippen LogP contribution in [-0.2, 0) is 4.74 Å². The van der Waals surface area contributed by atoms with Crippen LogP contribution in [0, 0.1) is 0 Å². The molecular formula is C14H23N3O. The van der Waals surface area contributed by atoms with E-state index in [1.807, 2.05) is 12.3 Å². The van der Waals surface area contributed by atoms with Crippen molar-refractivity contribution in [3.8, 4) is 0 Å². The molecule has 1 saturated heterocycles. The predicted molar refractivity (Wildman–Crippen MR) is 72.2 cm³/mol. The molecule has 0 bridgehead atoms. The van der Waals surface area contributed by atoms with E-state index in [2.05, 4.69) is 29.8 Å². The minimum atomic E-state index is 0.0846. The average Bonchev–Trinajstić information content (AvgIpc) is 2.40. The first-order valence-electron chi connectivity index (χ1n) is 6.73. The highest BCUT2D eigenvalue weighted by atomic mass is 16.5. The molecular weight excluding hydrogens is 226 g/mol. The minimum absolute atomic E-state index is 0.0846. The average molecular weight is 249 g/mol. The predicted octanol–water partition coefficient (Wildman–Crippen LogP) is 1.58. The molecule has 0 amide bonds. The van der Waals surface area contributed by atoms with Gasteiger partial charge in [-0.05, 0) is 25.0 Å². The molecule has 1 fully saturated rings. The lowest BCUT2D eigenvalue weighted by atomic mass is 9.97. The van der Waals surface area contributed by atoms with Crippen LogP contribution in [0.3, 0.4) is 0 Å². The van der Waals surface area contributed by atoms with E-state index in [-0.39, 0.29) is 12.1 Å². The smallest absolute Gasteiger partial charge is 0.0622 e. The highest BCUT2D eigenvalue weighted by Gasteiger charge is 2.31. The van der Waals surface area contributed by atoms with Gasteiger partial charge in [0.2, 0.25) is 0 Å². The van der Waals surface area contributed by atoms with Gasteiger partial charge in [-0.2, -0.15) is 0 Å². The van der Waals surface area contributed by atoms with Crippen molar-refractivity contribution in [1.29, 1.82) is 0 Å². The first-order chi connectivity index (χ1) is 8.74. The van der Waals surface area contributed by atoms with Crippen molar-refractivity contribution in [2.24, 2.45) is 5.73 Å². The molecule has 18 heavy (non-hydrogen) atoms. The van der Waals surface area contributed by atoms with Crippen LogP contribution in [0.15, 0.2) is 24.5 Å². The van der Waals surface area contributed by atoms with Gasteiger partial charge in [-0.1, -0.05) is 13.0 Å². The van der Waals surface area contributed by atoms with Crippen LogP contribution < -0.4 is 5.73 Å². The summed E-state index contributed by atoms with van der Waals surface area (Å²) in [6, 6.07) is 4.86. The van der Waals surface area contributed by atoms with E-state index in [0.29, 0.717) is 6.04 Å². The van der Waals surface area contributed by atoms with Crippen LogP contribution in [0.4, 0.5) is 0 Å². The van der Waals surface area contributed by atoms with Gasteiger partial charge in [-0.3, -0.25) is 9.88 Å². The van der Waals surface area contributed by atoms with Crippen molar-refractivity contribution in [2.45, 2.75) is 38.4 Å². The highest BCUT2D eigenvalue weighted by Crippen LogP contribution is 2.27. The fourth-order valence-corrected chi connectivity index (χ4v) is 2.73. The van der Waals surface area contributed by atoms with E-state index in [1.54, 1.807) is 6.20 Å². The normalized spacial score (nSPS) is 24.7. The lowest BCUT2D eigenvalue weighted by molar-refractivity contribution is -0.0349. The second-order valence-electron chi connectivity index (χ2n) is 4.97. The summed E-state index contributed by atoms with van der Waals surface area (Å²) in [5.41, 5.74) is 7.41. The summed E-state index contributed by atoms with van der Waals surface area (Å²) in [5.74, 6) is 0. The third kappa shape index (κ3) is 2.88. The van der Waals surface area contributed by atoms with Crippen LogP contribution in [0.1, 0.15) is 31.9 Å². The summed E-state index contributed by atoms with van der Waals surface area (Å²) in [6.45, 7) is 6.81. The molecule has 1 aliphatic heterocycles. The van der Waals surface area contributed by atoms with E-state index in [1.165, 1.54) is 5.56 Å². The maximum Gasteiger partial charge on any atom is 0.0622 e. The second kappa shape index (κ2) is 6.27. The van der Waals surface area contributed by atoms with Crippen LogP contribution in [0.2, 0.25) is 0 Å². The maximum atomic E-state index is 6.21. The Hall–Kier alpha value is -0.970. The Morgan fingerprint density at radius 1 is 1.61 bits per heavy atom. The zero-order valence-corrected chi connectivity index (χ0v) is 11.2. The van der Waals surface area contributed by atoms with Crippen molar-refractivity contribution in [3.63, 3.8) is 0 Å². The monoisotopic (exact) mass is 249 g/mol. The van der Waals surface area contributed by atoms with Gasteiger partial charge in [0.15, 0.2) is 0 Å². The molecule has 0 aromatic carbocycles. The molecule has 4 heteroatoms. The van der Waals surface area contributed by atoms with Gasteiger partial charge in [0.05, 0.1) is 19.3 Å². The van der Waals surface area contributed by atoms with Gasteiger partial charge >= 0.3 is 0 Å². The third-order valence-electron chi connectivity index (χ3n) is 3.63. The van der Waals surface area contributed by atoms with E-state index in [0.717, 1.165) is 26.2 Å². The largest absolute Gasteiger partial charge is 0.378 e. The van der Waals surface area contributed by atoms with Crippen molar-refractivity contribution in [1.82, 2.24) is 9.88 Å². The molecule has 0 spiro atoms. The van der Waals surface area contributed by atoms with Crippen molar-refractivity contribution >= 4 is 0 Å². The quantitative estimate of drug-likeness (QED) is 0.880. The second-order valence-corrected chi connectivity index (χ2v) is 4.97. The van der Waals surface area contributed by atoms with E-state index in [9.17, 15) is 0 Å². The molecule has 3 unspecified atom stereocenters. The topological polar surface area (TPSA) is 51.4 Å². The van der Waals surface area contributed by atoms with Crippen molar-refractivity contribution < 1.29 is 4.74 Å². The van der Waals surface area contributed by atoms with Gasteiger partial charge in [-0.25, -0.2) is 0 Å². The number of ether oxygens (including phenoxy) is 1. The summed E-state index contributed by atoms with van der Waals surface area (Å²) in [5, 5.41) is 0. The van der Waals surface area contributed by atoms with E-state index < -0.39 is 0 Å². The summed E-state index contributed by atoms with van der Waals surface area (Å²) >= 11 is 0. The number of hydrogen-bond donors (Lipinski definition) is 1. The SMILES string of the molecule is CCC1COCCN1C(c1cccnc1)C(C)N. The summed E-state index contributed by atoms with van der Waals surface area (Å²) in [7, 11) is 0. The summed E-state index contributed by atoms with van der Waals surface area (Å²) < 4.78 is 5.57. The number of nitrogens with two attached hydrogens (primary N) is 1. The molecule has 0 saturated carbocycles. The molecule has 2 rings (SSSR count). The van der Waals surface area contributed by atoms with Crippen molar-refractivity contribution in [2.75, 3.05) is 19.8 Å². The third-order valence-corrected chi connectivity index (χ3v) is 3.63. The lowest BCUT2D eigenvalue weighted by Gasteiger charge is -2.42. The minimum Gasteiger partial charge on any atom is -0.378 e. The molecule has 1 aromatic heterocycles. The maximum absolute atomic E-state index is 6.21. The van der Waals surface area contributed by atoms with E-state index in [4.69, 9.17) is 10.5 Å². The zero-order valence-electron chi connectivity index (χ0n) is 11.2. The molecule has 0 radical (unpaired) electrons. The summed E-state index contributed by atoms with van der Waals surface area (Å²) in [6.07, 6.45) is 4.82. The van der Waals surface area contributed by atoms with Crippen LogP contribution >= 0.6 is 0 Å². The Bertz CT molecular complexity index is 355. The molecule has 2 heterocycles. The Labute approximate surface area is 109 Å². The highest BCUT2D eigenvalue weighted by molar-refractivity contribution is 5.16. The van der Waals surface area contributed by atoms with Gasteiger partial charge < -0.3 is 10.5 Å². The fourth-order valence-electron chi connectivity index (χ4n) is 2.73. The Balaban J connectivity index is 2.24. The molecule has 0 aliphatic carbocycles. The number of morpholine rings is 1. The fraction of sp³-hybridized carbons (Fsp3) is 0.643. The van der Waals surface area contributed by atoms with Crippen LogP contribution in [0.5, 0.6) is 0 Å². The van der Waals surface area contributed by atoms with Crippen LogP contribution in [0.25, 0.3) is 0 Å². The zero-order chi connectivity index (χ0) is 13.0. The van der Waals surface area contributed by atoms with E-state index >= 15 is 0 Å². The number of hydrogen-bond acceptors (Lipinski definition) is 4. The molecule has 3 atom stereocenters. The number of aromatic nitrogens is 1. The molecule has 100 valence electrons. The molecule has 4 nitrogen and oxygen atoms in total. The first-order valence-corrected chi connectivity index (χ1v) is 6.73. The first kappa shape index (κ1) is 13.5. The van der Waals surface area contributed by atoms with Crippen LogP contribution in [-0.4, -0.2) is 41.7 Å². The standard InChI is InChI=1S/C14H23N3O/c1-3-13-10-18-8-7-17(13)14(11(2)15)12-5-4-6-16-9-12/h4-6,9,11,13-14H,3,7-8,10,15H2,1-2H3. The Morgan fingerprint density at radius 3 is 3.06 bits per heavy atom. The van der Waals surface area contributed by atoms with Gasteiger partial charge in [0, 0.05) is 31.0 Å². The summed E-state index contributed by atoms with van der Waals surface area (Å²) in [4.78, 5) is 6.70. The van der Waals surface area contributed by atoms with Gasteiger partial charge in [0.25, 0.3) is 0 Å². The number of nitrogens with zero attached hydrogens (tertiary/aromatic N) is 2. The lowest BCUT2D eigenvalue weighted by Crippen LogP contribution is -2.51. The molecule has 2 N–H and O–H groups in total. The Morgan fingerprint density at radius 2 is 2.44 bits per heavy atom. The number of rotatable bonds is 4. The van der Waals surface area contributed by atoms with Crippen molar-refractivity contribution in [3.05, 3.63) is 30.1 Å². The van der Waals surface area contributed by atoms with Gasteiger partial charge in [-0.15, -0.1) is 0 Å². The molecule has 1 aliphatic rings. The Kier molecular flexibility index (Phi) is 4.69. The number of pyridine rings is 1. The van der Waals surface area contributed by atoms with Gasteiger partial charge in [0.1, 0.15) is 0 Å².